The number of aromatic nitrogens is 2. The first-order valence-electron chi connectivity index (χ1n) is 7.08. The predicted octanol–water partition coefficient (Wildman–Crippen LogP) is 3.52. The molecule has 1 N–H and O–H groups in total. The Morgan fingerprint density at radius 3 is 2.70 bits per heavy atom. The van der Waals surface area contributed by atoms with Crippen LogP contribution >= 0.6 is 11.3 Å². The molecule has 0 spiro atoms. The number of rotatable bonds is 4. The van der Waals surface area contributed by atoms with Crippen molar-refractivity contribution in [3.63, 3.8) is 0 Å². The minimum atomic E-state index is -0.163. The first kappa shape index (κ1) is 15.2. The molecule has 2 heterocycles. The second-order valence-electron chi connectivity index (χ2n) is 5.17. The molecule has 0 aliphatic rings. The highest BCUT2D eigenvalue weighted by molar-refractivity contribution is 7.14. The van der Waals surface area contributed by atoms with Gasteiger partial charge < -0.3 is 4.90 Å². The van der Waals surface area contributed by atoms with Crippen molar-refractivity contribution in [1.82, 2.24) is 9.97 Å². The average molecular weight is 324 g/mol. The van der Waals surface area contributed by atoms with Crippen molar-refractivity contribution in [3.8, 4) is 11.3 Å². The van der Waals surface area contributed by atoms with Crippen LogP contribution in [-0.2, 0) is 0 Å². The van der Waals surface area contributed by atoms with Gasteiger partial charge in [0, 0.05) is 48.7 Å². The van der Waals surface area contributed by atoms with Gasteiger partial charge in [0.1, 0.15) is 0 Å². The predicted molar refractivity (Wildman–Crippen MR) is 94.1 cm³/mol. The van der Waals surface area contributed by atoms with Gasteiger partial charge in [-0.3, -0.25) is 15.1 Å². The van der Waals surface area contributed by atoms with Gasteiger partial charge in [-0.15, -0.1) is 11.3 Å². The SMILES string of the molecule is CN(C)c1cccc(C(=O)Nc2nc(-c3ccncc3)cs2)c1. The van der Waals surface area contributed by atoms with Crippen molar-refractivity contribution in [1.29, 1.82) is 0 Å². The summed E-state index contributed by atoms with van der Waals surface area (Å²) in [6.45, 7) is 0. The summed E-state index contributed by atoms with van der Waals surface area (Å²) in [6.07, 6.45) is 3.44. The molecule has 0 radical (unpaired) electrons. The molecule has 3 rings (SSSR count). The minimum Gasteiger partial charge on any atom is -0.378 e. The zero-order valence-corrected chi connectivity index (χ0v) is 13.7. The maximum absolute atomic E-state index is 12.4. The van der Waals surface area contributed by atoms with Crippen LogP contribution < -0.4 is 10.2 Å². The van der Waals surface area contributed by atoms with Crippen LogP contribution in [0.3, 0.4) is 0 Å². The molecule has 2 aromatic heterocycles. The zero-order valence-electron chi connectivity index (χ0n) is 12.9. The fourth-order valence-corrected chi connectivity index (χ4v) is 2.80. The van der Waals surface area contributed by atoms with E-state index in [1.54, 1.807) is 18.5 Å². The highest BCUT2D eigenvalue weighted by Crippen LogP contribution is 2.25. The van der Waals surface area contributed by atoms with E-state index in [1.807, 2.05) is 54.7 Å². The van der Waals surface area contributed by atoms with Gasteiger partial charge in [0.2, 0.25) is 0 Å². The Hall–Kier alpha value is -2.73. The number of thiazole rings is 1. The molecule has 1 amide bonds. The average Bonchev–Trinajstić information content (AvgIpc) is 3.04. The third-order valence-electron chi connectivity index (χ3n) is 3.33. The number of carbonyl (C=O) groups excluding carboxylic acids is 1. The standard InChI is InChI=1S/C17H16N4OS/c1-21(2)14-5-3-4-13(10-14)16(22)20-17-19-15(11-23-17)12-6-8-18-9-7-12/h3-11H,1-2H3,(H,19,20,22). The van der Waals surface area contributed by atoms with Crippen molar-refractivity contribution in [2.24, 2.45) is 0 Å². The number of nitrogens with one attached hydrogen (secondary N) is 1. The summed E-state index contributed by atoms with van der Waals surface area (Å²) in [5, 5.41) is 5.35. The topological polar surface area (TPSA) is 58.1 Å². The smallest absolute Gasteiger partial charge is 0.257 e. The molecular formula is C17H16N4OS. The van der Waals surface area contributed by atoms with Crippen LogP contribution in [0.5, 0.6) is 0 Å². The zero-order chi connectivity index (χ0) is 16.2. The number of hydrogen-bond donors (Lipinski definition) is 1. The van der Waals surface area contributed by atoms with Crippen LogP contribution in [0.1, 0.15) is 10.4 Å². The first-order chi connectivity index (χ1) is 11.1. The Kier molecular flexibility index (Phi) is 4.34. The summed E-state index contributed by atoms with van der Waals surface area (Å²) in [5.41, 5.74) is 3.40. The van der Waals surface area contributed by atoms with Crippen LogP contribution in [0.25, 0.3) is 11.3 Å². The molecule has 0 fully saturated rings. The molecule has 6 heteroatoms. The monoisotopic (exact) mass is 324 g/mol. The molecule has 1 aromatic carbocycles. The van der Waals surface area contributed by atoms with Gasteiger partial charge in [0.25, 0.3) is 5.91 Å². The van der Waals surface area contributed by atoms with Gasteiger partial charge in [-0.25, -0.2) is 4.98 Å². The largest absolute Gasteiger partial charge is 0.378 e. The second kappa shape index (κ2) is 6.58. The number of pyridine rings is 1. The number of carbonyl (C=O) groups is 1. The molecule has 0 unspecified atom stereocenters. The molecule has 0 saturated carbocycles. The van der Waals surface area contributed by atoms with Crippen LogP contribution in [0.2, 0.25) is 0 Å². The van der Waals surface area contributed by atoms with E-state index in [9.17, 15) is 4.79 Å². The van der Waals surface area contributed by atoms with Gasteiger partial charge in [-0.2, -0.15) is 0 Å². The van der Waals surface area contributed by atoms with Crippen LogP contribution in [-0.4, -0.2) is 30.0 Å². The van der Waals surface area contributed by atoms with E-state index < -0.39 is 0 Å². The normalized spacial score (nSPS) is 10.3. The number of anilines is 2. The van der Waals surface area contributed by atoms with Crippen molar-refractivity contribution in [2.45, 2.75) is 0 Å². The van der Waals surface area contributed by atoms with E-state index >= 15 is 0 Å². The second-order valence-corrected chi connectivity index (χ2v) is 6.03. The van der Waals surface area contributed by atoms with Crippen molar-refractivity contribution < 1.29 is 4.79 Å². The van der Waals surface area contributed by atoms with Gasteiger partial charge in [-0.05, 0) is 30.3 Å². The molecule has 0 aliphatic heterocycles. The fraction of sp³-hybridized carbons (Fsp3) is 0.118. The fourth-order valence-electron chi connectivity index (χ4n) is 2.08. The number of hydrogen-bond acceptors (Lipinski definition) is 5. The summed E-state index contributed by atoms with van der Waals surface area (Å²) in [7, 11) is 3.89. The number of benzene rings is 1. The molecule has 0 saturated heterocycles. The van der Waals surface area contributed by atoms with E-state index in [-0.39, 0.29) is 5.91 Å². The molecule has 0 aliphatic carbocycles. The first-order valence-corrected chi connectivity index (χ1v) is 7.96. The lowest BCUT2D eigenvalue weighted by Crippen LogP contribution is -2.14. The summed E-state index contributed by atoms with van der Waals surface area (Å²) in [5.74, 6) is -0.163. The lowest BCUT2D eigenvalue weighted by Gasteiger charge is -2.13. The third-order valence-corrected chi connectivity index (χ3v) is 4.08. The Morgan fingerprint density at radius 1 is 1.17 bits per heavy atom. The quantitative estimate of drug-likeness (QED) is 0.798. The highest BCUT2D eigenvalue weighted by Gasteiger charge is 2.11. The van der Waals surface area contributed by atoms with E-state index in [2.05, 4.69) is 15.3 Å². The lowest BCUT2D eigenvalue weighted by atomic mass is 10.2. The van der Waals surface area contributed by atoms with Crippen LogP contribution in [0, 0.1) is 0 Å². The van der Waals surface area contributed by atoms with E-state index in [4.69, 9.17) is 0 Å². The Bertz CT molecular complexity index is 814. The summed E-state index contributed by atoms with van der Waals surface area (Å²) in [6, 6.07) is 11.3. The Balaban J connectivity index is 1.76. The molecular weight excluding hydrogens is 308 g/mol. The molecule has 5 nitrogen and oxygen atoms in total. The minimum absolute atomic E-state index is 0.163. The van der Waals surface area contributed by atoms with E-state index in [0.29, 0.717) is 10.7 Å². The summed E-state index contributed by atoms with van der Waals surface area (Å²) >= 11 is 1.40. The third kappa shape index (κ3) is 3.54. The van der Waals surface area contributed by atoms with Crippen LogP contribution in [0.15, 0.2) is 54.2 Å². The Morgan fingerprint density at radius 2 is 1.96 bits per heavy atom. The maximum atomic E-state index is 12.4. The van der Waals surface area contributed by atoms with Gasteiger partial charge in [0.05, 0.1) is 5.69 Å². The molecule has 0 atom stereocenters. The van der Waals surface area contributed by atoms with Crippen LogP contribution in [0.4, 0.5) is 10.8 Å². The van der Waals surface area contributed by atoms with Gasteiger partial charge in [0.15, 0.2) is 5.13 Å². The number of amides is 1. The lowest BCUT2D eigenvalue weighted by molar-refractivity contribution is 0.102. The van der Waals surface area contributed by atoms with Gasteiger partial charge in [-0.1, -0.05) is 6.07 Å². The van der Waals surface area contributed by atoms with Gasteiger partial charge >= 0.3 is 0 Å². The molecule has 3 aromatic rings. The summed E-state index contributed by atoms with van der Waals surface area (Å²) in [4.78, 5) is 22.8. The van der Waals surface area contributed by atoms with E-state index in [1.165, 1.54) is 11.3 Å². The molecule has 0 bridgehead atoms. The molecule has 116 valence electrons. The summed E-state index contributed by atoms with van der Waals surface area (Å²) < 4.78 is 0. The number of nitrogens with zero attached hydrogens (tertiary/aromatic N) is 3. The maximum Gasteiger partial charge on any atom is 0.257 e. The Labute approximate surface area is 138 Å². The highest BCUT2D eigenvalue weighted by atomic mass is 32.1. The van der Waals surface area contributed by atoms with Crippen molar-refractivity contribution in [2.75, 3.05) is 24.3 Å². The molecule has 23 heavy (non-hydrogen) atoms. The van der Waals surface area contributed by atoms with E-state index in [0.717, 1.165) is 16.9 Å². The van der Waals surface area contributed by atoms with Crippen molar-refractivity contribution >= 4 is 28.1 Å². The van der Waals surface area contributed by atoms with Crippen molar-refractivity contribution in [3.05, 3.63) is 59.7 Å².